The van der Waals surface area contributed by atoms with Gasteiger partial charge in [0.25, 0.3) is 5.91 Å². The van der Waals surface area contributed by atoms with Crippen molar-refractivity contribution in [3.05, 3.63) is 58.5 Å². The Morgan fingerprint density at radius 2 is 1.83 bits per heavy atom. The Kier molecular flexibility index (Phi) is 5.40. The molecule has 0 radical (unpaired) electrons. The van der Waals surface area contributed by atoms with E-state index in [0.29, 0.717) is 37.4 Å². The lowest BCUT2D eigenvalue weighted by molar-refractivity contribution is -0.384. The first-order chi connectivity index (χ1) is 14.4. The van der Waals surface area contributed by atoms with Gasteiger partial charge in [0.15, 0.2) is 0 Å². The SMILES string of the molecule is O=C1C[C@H](NC2CCN(c3ncccc3[N+](=O)[O-])CC2)C(=O)N1c1ccc(F)cc1. The lowest BCUT2D eigenvalue weighted by Crippen LogP contribution is -2.49. The van der Waals surface area contributed by atoms with E-state index in [-0.39, 0.29) is 30.0 Å². The van der Waals surface area contributed by atoms with Gasteiger partial charge >= 0.3 is 5.69 Å². The molecule has 4 rings (SSSR count). The monoisotopic (exact) mass is 413 g/mol. The first kappa shape index (κ1) is 19.9. The summed E-state index contributed by atoms with van der Waals surface area (Å²) in [6, 6.07) is 7.57. The summed E-state index contributed by atoms with van der Waals surface area (Å²) in [5.41, 5.74) is 0.323. The van der Waals surface area contributed by atoms with Crippen LogP contribution in [0.2, 0.25) is 0 Å². The van der Waals surface area contributed by atoms with Gasteiger partial charge in [0, 0.05) is 31.4 Å². The second kappa shape index (κ2) is 8.15. The number of nitro groups is 1. The number of amides is 2. The molecule has 2 aliphatic heterocycles. The molecule has 0 saturated carbocycles. The fraction of sp³-hybridized carbons (Fsp3) is 0.350. The predicted octanol–water partition coefficient (Wildman–Crippen LogP) is 2.02. The Hall–Kier alpha value is -3.40. The summed E-state index contributed by atoms with van der Waals surface area (Å²) in [6.45, 7) is 1.10. The van der Waals surface area contributed by atoms with Crippen LogP contribution in [-0.4, -0.2) is 46.9 Å². The Bertz CT molecular complexity index is 975. The van der Waals surface area contributed by atoms with Crippen LogP contribution in [0, 0.1) is 15.9 Å². The summed E-state index contributed by atoms with van der Waals surface area (Å²) in [6.07, 6.45) is 2.88. The average molecular weight is 413 g/mol. The number of carbonyl (C=O) groups excluding carboxylic acids is 2. The second-order valence-electron chi connectivity index (χ2n) is 7.33. The summed E-state index contributed by atoms with van der Waals surface area (Å²) in [7, 11) is 0. The first-order valence-corrected chi connectivity index (χ1v) is 9.67. The molecule has 3 heterocycles. The van der Waals surface area contributed by atoms with Gasteiger partial charge in [0.2, 0.25) is 11.7 Å². The Morgan fingerprint density at radius 1 is 1.13 bits per heavy atom. The zero-order valence-corrected chi connectivity index (χ0v) is 16.0. The number of rotatable bonds is 5. The van der Waals surface area contributed by atoms with Gasteiger partial charge in [-0.05, 0) is 43.2 Å². The zero-order chi connectivity index (χ0) is 21.3. The van der Waals surface area contributed by atoms with Crippen LogP contribution < -0.4 is 15.1 Å². The minimum Gasteiger partial charge on any atom is -0.351 e. The van der Waals surface area contributed by atoms with Crippen LogP contribution in [0.3, 0.4) is 0 Å². The van der Waals surface area contributed by atoms with Crippen molar-refractivity contribution < 1.29 is 18.9 Å². The first-order valence-electron chi connectivity index (χ1n) is 9.67. The molecule has 10 heteroatoms. The number of imide groups is 1. The van der Waals surface area contributed by atoms with Crippen LogP contribution >= 0.6 is 0 Å². The third-order valence-corrected chi connectivity index (χ3v) is 5.43. The Labute approximate surface area is 171 Å². The molecule has 1 aromatic carbocycles. The van der Waals surface area contributed by atoms with E-state index >= 15 is 0 Å². The number of pyridine rings is 1. The highest BCUT2D eigenvalue weighted by Crippen LogP contribution is 2.28. The second-order valence-corrected chi connectivity index (χ2v) is 7.33. The number of hydrogen-bond acceptors (Lipinski definition) is 7. The molecule has 0 spiro atoms. The molecular formula is C20H20FN5O4. The summed E-state index contributed by atoms with van der Waals surface area (Å²) >= 11 is 0. The maximum absolute atomic E-state index is 13.1. The summed E-state index contributed by atoms with van der Waals surface area (Å²) < 4.78 is 13.1. The fourth-order valence-electron chi connectivity index (χ4n) is 3.94. The highest BCUT2D eigenvalue weighted by molar-refractivity contribution is 6.22. The van der Waals surface area contributed by atoms with Gasteiger partial charge in [-0.3, -0.25) is 19.7 Å². The molecule has 9 nitrogen and oxygen atoms in total. The number of nitrogens with zero attached hydrogens (tertiary/aromatic N) is 4. The molecular weight excluding hydrogens is 393 g/mol. The van der Waals surface area contributed by atoms with E-state index in [9.17, 15) is 24.1 Å². The lowest BCUT2D eigenvalue weighted by atomic mass is 10.0. The number of halogens is 1. The molecule has 2 fully saturated rings. The average Bonchev–Trinajstić information content (AvgIpc) is 3.02. The molecule has 2 aromatic rings. The molecule has 0 bridgehead atoms. The van der Waals surface area contributed by atoms with Crippen molar-refractivity contribution >= 4 is 29.0 Å². The molecule has 2 amide bonds. The van der Waals surface area contributed by atoms with Crippen LogP contribution in [0.5, 0.6) is 0 Å². The normalized spacial score (nSPS) is 20.1. The number of piperidine rings is 1. The Balaban J connectivity index is 1.38. The van der Waals surface area contributed by atoms with Crippen LogP contribution in [0.25, 0.3) is 0 Å². The number of aromatic nitrogens is 1. The fourth-order valence-corrected chi connectivity index (χ4v) is 3.94. The molecule has 2 aliphatic rings. The number of nitrogens with one attached hydrogen (secondary N) is 1. The number of benzene rings is 1. The molecule has 1 N–H and O–H groups in total. The van der Waals surface area contributed by atoms with Crippen molar-refractivity contribution in [3.63, 3.8) is 0 Å². The van der Waals surface area contributed by atoms with Crippen LogP contribution in [-0.2, 0) is 9.59 Å². The van der Waals surface area contributed by atoms with Crippen LogP contribution in [0.4, 0.5) is 21.6 Å². The third-order valence-electron chi connectivity index (χ3n) is 5.43. The van der Waals surface area contributed by atoms with Crippen LogP contribution in [0.1, 0.15) is 19.3 Å². The molecule has 2 saturated heterocycles. The highest BCUT2D eigenvalue weighted by atomic mass is 19.1. The molecule has 0 unspecified atom stereocenters. The Morgan fingerprint density at radius 3 is 2.50 bits per heavy atom. The molecule has 1 aromatic heterocycles. The number of hydrogen-bond donors (Lipinski definition) is 1. The molecule has 1 atom stereocenters. The summed E-state index contributed by atoms with van der Waals surface area (Å²) in [4.78, 5) is 43.0. The van der Waals surface area contributed by atoms with E-state index in [0.717, 1.165) is 4.90 Å². The maximum Gasteiger partial charge on any atom is 0.311 e. The van der Waals surface area contributed by atoms with Gasteiger partial charge in [0.1, 0.15) is 5.82 Å². The van der Waals surface area contributed by atoms with Gasteiger partial charge in [0.05, 0.1) is 23.1 Å². The minimum atomic E-state index is -0.636. The predicted molar refractivity (Wildman–Crippen MR) is 107 cm³/mol. The summed E-state index contributed by atoms with van der Waals surface area (Å²) in [5.74, 6) is -0.775. The maximum atomic E-state index is 13.1. The quantitative estimate of drug-likeness (QED) is 0.454. The van der Waals surface area contributed by atoms with Gasteiger partial charge < -0.3 is 10.2 Å². The van der Waals surface area contributed by atoms with Gasteiger partial charge in [-0.15, -0.1) is 0 Å². The van der Waals surface area contributed by atoms with E-state index in [1.807, 2.05) is 4.90 Å². The zero-order valence-electron chi connectivity index (χ0n) is 16.0. The van der Waals surface area contributed by atoms with E-state index in [1.165, 1.54) is 42.6 Å². The van der Waals surface area contributed by atoms with Gasteiger partial charge in [-0.25, -0.2) is 14.3 Å². The van der Waals surface area contributed by atoms with Crippen molar-refractivity contribution in [2.24, 2.45) is 0 Å². The highest BCUT2D eigenvalue weighted by Gasteiger charge is 2.40. The molecule has 30 heavy (non-hydrogen) atoms. The number of anilines is 2. The van der Waals surface area contributed by atoms with Gasteiger partial charge in [-0.1, -0.05) is 0 Å². The van der Waals surface area contributed by atoms with E-state index < -0.39 is 16.8 Å². The van der Waals surface area contributed by atoms with Gasteiger partial charge in [-0.2, -0.15) is 0 Å². The number of carbonyl (C=O) groups is 2. The molecule has 156 valence electrons. The van der Waals surface area contributed by atoms with Crippen molar-refractivity contribution in [2.45, 2.75) is 31.3 Å². The lowest BCUT2D eigenvalue weighted by Gasteiger charge is -2.33. The molecule has 0 aliphatic carbocycles. The van der Waals surface area contributed by atoms with E-state index in [1.54, 1.807) is 0 Å². The largest absolute Gasteiger partial charge is 0.351 e. The minimum absolute atomic E-state index is 0.000985. The van der Waals surface area contributed by atoms with Crippen molar-refractivity contribution in [2.75, 3.05) is 22.9 Å². The van der Waals surface area contributed by atoms with E-state index in [4.69, 9.17) is 0 Å². The van der Waals surface area contributed by atoms with Crippen molar-refractivity contribution in [3.8, 4) is 0 Å². The third kappa shape index (κ3) is 3.86. The van der Waals surface area contributed by atoms with Crippen molar-refractivity contribution in [1.82, 2.24) is 10.3 Å². The topological polar surface area (TPSA) is 109 Å². The van der Waals surface area contributed by atoms with Crippen molar-refractivity contribution in [1.29, 1.82) is 0 Å². The standard InChI is InChI=1S/C20H20FN5O4/c21-13-3-5-15(6-4-13)25-18(27)12-16(20(25)28)23-14-7-10-24(11-8-14)19-17(26(29)30)2-1-9-22-19/h1-6,9,14,16,23H,7-8,10-12H2/t16-/m0/s1. The van der Waals surface area contributed by atoms with Crippen LogP contribution in [0.15, 0.2) is 42.6 Å². The van der Waals surface area contributed by atoms with E-state index in [2.05, 4.69) is 10.3 Å². The summed E-state index contributed by atoms with van der Waals surface area (Å²) in [5, 5.41) is 14.5. The smallest absolute Gasteiger partial charge is 0.311 e.